The standard InChI is InChI=1S/C10H16N4O/c15-10(8-2-1-4-11-8)14-5-3-9-12-6-7-13-9/h6-8,11H,1-5H2,(H,12,13)(H,14,15). The summed E-state index contributed by atoms with van der Waals surface area (Å²) in [5, 5.41) is 6.07. The molecule has 2 rings (SSSR count). The van der Waals surface area contributed by atoms with Gasteiger partial charge < -0.3 is 15.6 Å². The molecular formula is C10H16N4O. The highest BCUT2D eigenvalue weighted by atomic mass is 16.2. The highest BCUT2D eigenvalue weighted by molar-refractivity contribution is 5.81. The molecule has 2 heterocycles. The third-order valence-corrected chi connectivity index (χ3v) is 2.59. The smallest absolute Gasteiger partial charge is 0.237 e. The van der Waals surface area contributed by atoms with E-state index in [-0.39, 0.29) is 11.9 Å². The van der Waals surface area contributed by atoms with Crippen molar-refractivity contribution in [3.05, 3.63) is 18.2 Å². The molecule has 82 valence electrons. The Hall–Kier alpha value is -1.36. The zero-order valence-corrected chi connectivity index (χ0v) is 8.62. The van der Waals surface area contributed by atoms with Crippen LogP contribution >= 0.6 is 0 Å². The topological polar surface area (TPSA) is 69.8 Å². The van der Waals surface area contributed by atoms with Crippen molar-refractivity contribution < 1.29 is 4.79 Å². The summed E-state index contributed by atoms with van der Waals surface area (Å²) in [5.74, 6) is 1.02. The summed E-state index contributed by atoms with van der Waals surface area (Å²) in [6.45, 7) is 1.60. The summed E-state index contributed by atoms with van der Waals surface area (Å²) in [7, 11) is 0. The van der Waals surface area contributed by atoms with E-state index in [4.69, 9.17) is 0 Å². The Kier molecular flexibility index (Phi) is 3.34. The molecule has 1 aliphatic heterocycles. The van der Waals surface area contributed by atoms with Gasteiger partial charge in [0.2, 0.25) is 5.91 Å². The molecule has 0 aromatic carbocycles. The molecule has 5 heteroatoms. The average molecular weight is 208 g/mol. The zero-order valence-electron chi connectivity index (χ0n) is 8.62. The van der Waals surface area contributed by atoms with E-state index in [9.17, 15) is 4.79 Å². The van der Waals surface area contributed by atoms with Crippen molar-refractivity contribution in [2.75, 3.05) is 13.1 Å². The minimum atomic E-state index is 0.0154. The number of aromatic amines is 1. The van der Waals surface area contributed by atoms with Crippen LogP contribution in [0, 0.1) is 0 Å². The van der Waals surface area contributed by atoms with Gasteiger partial charge in [-0.1, -0.05) is 0 Å². The molecule has 15 heavy (non-hydrogen) atoms. The van der Waals surface area contributed by atoms with E-state index in [2.05, 4.69) is 20.6 Å². The van der Waals surface area contributed by atoms with Crippen LogP contribution < -0.4 is 10.6 Å². The molecule has 0 bridgehead atoms. The molecule has 1 unspecified atom stereocenters. The van der Waals surface area contributed by atoms with Crippen LogP contribution in [0.1, 0.15) is 18.7 Å². The fraction of sp³-hybridized carbons (Fsp3) is 0.600. The van der Waals surface area contributed by atoms with Crippen molar-refractivity contribution in [1.29, 1.82) is 0 Å². The predicted molar refractivity (Wildman–Crippen MR) is 56.3 cm³/mol. The lowest BCUT2D eigenvalue weighted by molar-refractivity contribution is -0.122. The lowest BCUT2D eigenvalue weighted by Crippen LogP contribution is -2.41. The second-order valence-electron chi connectivity index (χ2n) is 3.73. The monoisotopic (exact) mass is 208 g/mol. The number of rotatable bonds is 4. The first kappa shape index (κ1) is 10.2. The van der Waals surface area contributed by atoms with E-state index >= 15 is 0 Å². The molecule has 1 fully saturated rings. The quantitative estimate of drug-likeness (QED) is 0.643. The average Bonchev–Trinajstić information content (AvgIpc) is 2.90. The molecule has 1 saturated heterocycles. The fourth-order valence-corrected chi connectivity index (χ4v) is 1.77. The lowest BCUT2D eigenvalue weighted by Gasteiger charge is -2.10. The molecule has 1 atom stereocenters. The molecule has 5 nitrogen and oxygen atoms in total. The van der Waals surface area contributed by atoms with Gasteiger partial charge >= 0.3 is 0 Å². The van der Waals surface area contributed by atoms with Crippen LogP contribution in [0.4, 0.5) is 0 Å². The Bertz CT molecular complexity index is 303. The van der Waals surface area contributed by atoms with Gasteiger partial charge in [0.25, 0.3) is 0 Å². The maximum Gasteiger partial charge on any atom is 0.237 e. The largest absolute Gasteiger partial charge is 0.354 e. The first-order valence-electron chi connectivity index (χ1n) is 5.35. The first-order valence-corrected chi connectivity index (χ1v) is 5.35. The predicted octanol–water partition coefficient (Wildman–Crippen LogP) is -0.180. The fourth-order valence-electron chi connectivity index (χ4n) is 1.77. The SMILES string of the molecule is O=C(NCCc1ncc[nH]1)C1CCCN1. The van der Waals surface area contributed by atoms with Crippen LogP contribution in [0.3, 0.4) is 0 Å². The number of aromatic nitrogens is 2. The van der Waals surface area contributed by atoms with E-state index in [1.807, 2.05) is 0 Å². The van der Waals surface area contributed by atoms with Crippen LogP contribution in [0.2, 0.25) is 0 Å². The Morgan fingerprint density at radius 3 is 3.27 bits per heavy atom. The number of carbonyl (C=O) groups is 1. The van der Waals surface area contributed by atoms with Crippen molar-refractivity contribution in [3.8, 4) is 0 Å². The van der Waals surface area contributed by atoms with Crippen LogP contribution in [-0.2, 0) is 11.2 Å². The third-order valence-electron chi connectivity index (χ3n) is 2.59. The number of carbonyl (C=O) groups excluding carboxylic acids is 1. The minimum Gasteiger partial charge on any atom is -0.354 e. The van der Waals surface area contributed by atoms with Gasteiger partial charge in [0.05, 0.1) is 6.04 Å². The molecule has 1 aliphatic rings. The number of hydrogen-bond acceptors (Lipinski definition) is 3. The van der Waals surface area contributed by atoms with Gasteiger partial charge in [-0.25, -0.2) is 4.98 Å². The zero-order chi connectivity index (χ0) is 10.5. The van der Waals surface area contributed by atoms with Crippen molar-refractivity contribution in [2.24, 2.45) is 0 Å². The highest BCUT2D eigenvalue weighted by Crippen LogP contribution is 2.04. The first-order chi connectivity index (χ1) is 7.36. The number of imidazole rings is 1. The van der Waals surface area contributed by atoms with E-state index in [0.717, 1.165) is 31.6 Å². The maximum atomic E-state index is 11.6. The normalized spacial score (nSPS) is 20.4. The van der Waals surface area contributed by atoms with E-state index < -0.39 is 0 Å². The van der Waals surface area contributed by atoms with Gasteiger partial charge in [0.15, 0.2) is 0 Å². The Labute approximate surface area is 88.7 Å². The minimum absolute atomic E-state index is 0.0154. The summed E-state index contributed by atoms with van der Waals surface area (Å²) < 4.78 is 0. The van der Waals surface area contributed by atoms with Crippen LogP contribution in [0.5, 0.6) is 0 Å². The van der Waals surface area contributed by atoms with E-state index in [1.54, 1.807) is 12.4 Å². The van der Waals surface area contributed by atoms with Crippen LogP contribution in [0.25, 0.3) is 0 Å². The molecule has 1 aromatic rings. The Morgan fingerprint density at radius 1 is 1.67 bits per heavy atom. The number of nitrogens with one attached hydrogen (secondary N) is 3. The summed E-state index contributed by atoms with van der Waals surface area (Å²) in [5.41, 5.74) is 0. The summed E-state index contributed by atoms with van der Waals surface area (Å²) in [6.07, 6.45) is 6.31. The second kappa shape index (κ2) is 4.93. The van der Waals surface area contributed by atoms with E-state index in [0.29, 0.717) is 6.54 Å². The number of nitrogens with zero attached hydrogens (tertiary/aromatic N) is 1. The Morgan fingerprint density at radius 2 is 2.60 bits per heavy atom. The highest BCUT2D eigenvalue weighted by Gasteiger charge is 2.21. The van der Waals surface area contributed by atoms with Gasteiger partial charge in [0.1, 0.15) is 5.82 Å². The van der Waals surface area contributed by atoms with E-state index in [1.165, 1.54) is 0 Å². The number of hydrogen-bond donors (Lipinski definition) is 3. The Balaban J connectivity index is 1.67. The molecule has 3 N–H and O–H groups in total. The van der Waals surface area contributed by atoms with Gasteiger partial charge in [-0.2, -0.15) is 0 Å². The summed E-state index contributed by atoms with van der Waals surface area (Å²) >= 11 is 0. The van der Waals surface area contributed by atoms with Crippen molar-refractivity contribution in [3.63, 3.8) is 0 Å². The van der Waals surface area contributed by atoms with Gasteiger partial charge in [-0.05, 0) is 19.4 Å². The molecule has 0 aliphatic carbocycles. The number of H-pyrrole nitrogens is 1. The van der Waals surface area contributed by atoms with Crippen molar-refractivity contribution >= 4 is 5.91 Å². The third kappa shape index (κ3) is 2.79. The maximum absolute atomic E-state index is 11.6. The van der Waals surface area contributed by atoms with Gasteiger partial charge in [-0.15, -0.1) is 0 Å². The molecular weight excluding hydrogens is 192 g/mol. The van der Waals surface area contributed by atoms with Crippen LogP contribution in [0.15, 0.2) is 12.4 Å². The molecule has 0 spiro atoms. The number of amides is 1. The summed E-state index contributed by atoms with van der Waals surface area (Å²) in [6, 6.07) is 0.0154. The van der Waals surface area contributed by atoms with Gasteiger partial charge in [-0.3, -0.25) is 4.79 Å². The van der Waals surface area contributed by atoms with Crippen molar-refractivity contribution in [1.82, 2.24) is 20.6 Å². The molecule has 1 amide bonds. The molecule has 0 saturated carbocycles. The van der Waals surface area contributed by atoms with Crippen molar-refractivity contribution in [2.45, 2.75) is 25.3 Å². The van der Waals surface area contributed by atoms with Crippen LogP contribution in [-0.4, -0.2) is 35.0 Å². The lowest BCUT2D eigenvalue weighted by atomic mass is 10.2. The molecule has 1 aromatic heterocycles. The van der Waals surface area contributed by atoms with Gasteiger partial charge in [0, 0.05) is 25.4 Å². The second-order valence-corrected chi connectivity index (χ2v) is 3.73. The summed E-state index contributed by atoms with van der Waals surface area (Å²) in [4.78, 5) is 18.7. The molecule has 0 radical (unpaired) electrons.